The van der Waals surface area contributed by atoms with Gasteiger partial charge < -0.3 is 33.8 Å². The molecular formula is C85H158O17P2. The fraction of sp³-hybridized carbons (Fsp3) is 0.859. The third-order valence-electron chi connectivity index (χ3n) is 18.8. The molecule has 0 spiro atoms. The summed E-state index contributed by atoms with van der Waals surface area (Å²) in [7, 11) is -9.95. The minimum atomic E-state index is -4.97. The molecule has 5 atom stereocenters. The van der Waals surface area contributed by atoms with Gasteiger partial charge in [0.2, 0.25) is 0 Å². The number of phosphoric ester groups is 2. The van der Waals surface area contributed by atoms with Crippen molar-refractivity contribution in [2.24, 2.45) is 0 Å². The highest BCUT2D eigenvalue weighted by Gasteiger charge is 2.30. The number of unbranched alkanes of at least 4 members (excludes halogenated alkanes) is 48. The first-order chi connectivity index (χ1) is 50.7. The van der Waals surface area contributed by atoms with Gasteiger partial charge in [0.25, 0.3) is 0 Å². The summed E-state index contributed by atoms with van der Waals surface area (Å²) in [4.78, 5) is 73.2. The highest BCUT2D eigenvalue weighted by Crippen LogP contribution is 2.45. The summed E-state index contributed by atoms with van der Waals surface area (Å²) < 4.78 is 68.8. The Balaban J connectivity index is 5.33. The Labute approximate surface area is 636 Å². The van der Waals surface area contributed by atoms with Crippen LogP contribution in [0.15, 0.2) is 48.6 Å². The average molecular weight is 1510 g/mol. The van der Waals surface area contributed by atoms with E-state index in [0.29, 0.717) is 25.7 Å². The van der Waals surface area contributed by atoms with E-state index in [-0.39, 0.29) is 25.7 Å². The van der Waals surface area contributed by atoms with E-state index in [9.17, 15) is 43.2 Å². The van der Waals surface area contributed by atoms with Crippen LogP contribution in [0.3, 0.4) is 0 Å². The number of phosphoric acid groups is 2. The van der Waals surface area contributed by atoms with Crippen molar-refractivity contribution in [3.05, 3.63) is 48.6 Å². The Bertz CT molecular complexity index is 2150. The zero-order chi connectivity index (χ0) is 76.0. The molecule has 0 saturated heterocycles. The van der Waals surface area contributed by atoms with Crippen LogP contribution >= 0.6 is 15.6 Å². The van der Waals surface area contributed by atoms with Crippen LogP contribution in [0.1, 0.15) is 413 Å². The number of aliphatic hydroxyl groups excluding tert-OH is 1. The summed E-state index contributed by atoms with van der Waals surface area (Å²) in [6.07, 6.45) is 77.8. The summed E-state index contributed by atoms with van der Waals surface area (Å²) >= 11 is 0. The van der Waals surface area contributed by atoms with E-state index in [4.69, 9.17) is 37.0 Å². The highest BCUT2D eigenvalue weighted by molar-refractivity contribution is 7.47. The highest BCUT2D eigenvalue weighted by atomic mass is 31.2. The molecule has 0 saturated carbocycles. The molecule has 0 amide bonds. The standard InChI is InChI=1S/C85H158O17P2/c1-5-9-13-17-21-25-29-33-37-39-43-46-50-54-58-62-66-70-83(88)96-76-80(101-84(89)71-67-63-59-55-51-47-42-36-32-28-24-20-16-12-8-4)77-99-103(91,92)97-73-79(86)74-98-104(93,94)100-78-81(75-95-82(87)69-65-61-57-53-49-45-41-35-31-27-23-19-15-11-7-3)102-85(90)72-68-64-60-56-52-48-44-40-38-34-30-26-22-18-14-10-6-2/h23-24,27-28,35-36,41-42,79-81,86H,5-22,25-26,29-34,37-40,43-78H2,1-4H3,(H,91,92)(H,93,94)/b27-23-,28-24-,41-35-,42-36-/t79-,80-,81-/m1/s1. The predicted molar refractivity (Wildman–Crippen MR) is 427 cm³/mol. The minimum absolute atomic E-state index is 0.0855. The van der Waals surface area contributed by atoms with E-state index in [2.05, 4.69) is 76.3 Å². The van der Waals surface area contributed by atoms with Crippen molar-refractivity contribution in [3.8, 4) is 0 Å². The molecular weight excluding hydrogens is 1350 g/mol. The summed E-state index contributed by atoms with van der Waals surface area (Å²) in [6, 6.07) is 0. The van der Waals surface area contributed by atoms with Crippen LogP contribution in [0.2, 0.25) is 0 Å². The Morgan fingerprint density at radius 3 is 0.731 bits per heavy atom. The van der Waals surface area contributed by atoms with Gasteiger partial charge >= 0.3 is 39.5 Å². The maximum Gasteiger partial charge on any atom is 0.472 e. The van der Waals surface area contributed by atoms with Crippen molar-refractivity contribution >= 4 is 39.5 Å². The van der Waals surface area contributed by atoms with Crippen LogP contribution < -0.4 is 0 Å². The van der Waals surface area contributed by atoms with Crippen molar-refractivity contribution in [2.45, 2.75) is 431 Å². The fourth-order valence-corrected chi connectivity index (χ4v) is 13.8. The first kappa shape index (κ1) is 101. The van der Waals surface area contributed by atoms with Crippen molar-refractivity contribution < 1.29 is 80.2 Å². The van der Waals surface area contributed by atoms with E-state index < -0.39 is 97.5 Å². The van der Waals surface area contributed by atoms with Crippen LogP contribution in [-0.2, 0) is 65.4 Å². The Morgan fingerprint density at radius 2 is 0.471 bits per heavy atom. The third kappa shape index (κ3) is 77.2. The van der Waals surface area contributed by atoms with E-state index in [1.54, 1.807) is 0 Å². The second-order valence-electron chi connectivity index (χ2n) is 29.1. The molecule has 0 aromatic heterocycles. The molecule has 2 unspecified atom stereocenters. The monoisotopic (exact) mass is 1510 g/mol. The predicted octanol–water partition coefficient (Wildman–Crippen LogP) is 25.2. The summed E-state index contributed by atoms with van der Waals surface area (Å²) in [5.74, 6) is -2.16. The molecule has 0 aliphatic heterocycles. The SMILES string of the molecule is CCCCC/C=C\C/C=C\CCCCCCCC(=O)OC[C@H](COP(=O)(O)OC[C@H](O)COP(=O)(O)OC[C@@H](COC(=O)CCCCCCCCCCCCCCCCCCC)OC(=O)CCCCCCC/C=C\C/C=C\CCCCC)OC(=O)CCCCCCCCCCCCCCCCCCC. The number of hydrogen-bond donors (Lipinski definition) is 3. The lowest BCUT2D eigenvalue weighted by Gasteiger charge is -2.21. The zero-order valence-corrected chi connectivity index (χ0v) is 68.8. The van der Waals surface area contributed by atoms with Crippen molar-refractivity contribution in [1.82, 2.24) is 0 Å². The Morgan fingerprint density at radius 1 is 0.269 bits per heavy atom. The molecule has 0 radical (unpaired) electrons. The van der Waals surface area contributed by atoms with E-state index >= 15 is 0 Å². The van der Waals surface area contributed by atoms with Gasteiger partial charge in [-0.2, -0.15) is 0 Å². The maximum atomic E-state index is 13.1. The van der Waals surface area contributed by atoms with Crippen molar-refractivity contribution in [3.63, 3.8) is 0 Å². The minimum Gasteiger partial charge on any atom is -0.462 e. The van der Waals surface area contributed by atoms with Crippen LogP contribution in [0, 0.1) is 0 Å². The van der Waals surface area contributed by atoms with Gasteiger partial charge in [-0.3, -0.25) is 37.3 Å². The van der Waals surface area contributed by atoms with E-state index in [1.165, 1.54) is 199 Å². The molecule has 0 aromatic carbocycles. The molecule has 17 nitrogen and oxygen atoms in total. The molecule has 0 bridgehead atoms. The van der Waals surface area contributed by atoms with Gasteiger partial charge in [-0.1, -0.05) is 346 Å². The summed E-state index contributed by atoms with van der Waals surface area (Å²) in [5, 5.41) is 10.7. The van der Waals surface area contributed by atoms with Crippen LogP contribution in [0.25, 0.3) is 0 Å². The number of rotatable bonds is 82. The number of esters is 4. The first-order valence-electron chi connectivity index (χ1n) is 42.9. The molecule has 0 fully saturated rings. The van der Waals surface area contributed by atoms with Gasteiger partial charge in [0, 0.05) is 25.7 Å². The van der Waals surface area contributed by atoms with Gasteiger partial charge in [0.1, 0.15) is 19.3 Å². The zero-order valence-electron chi connectivity index (χ0n) is 67.0. The number of ether oxygens (including phenoxy) is 4. The molecule has 19 heteroatoms. The molecule has 0 aliphatic carbocycles. The number of carbonyl (C=O) groups is 4. The van der Waals surface area contributed by atoms with Gasteiger partial charge in [0.15, 0.2) is 12.2 Å². The lowest BCUT2D eigenvalue weighted by atomic mass is 10.0. The maximum absolute atomic E-state index is 13.1. The van der Waals surface area contributed by atoms with E-state index in [0.717, 1.165) is 135 Å². The number of allylic oxidation sites excluding steroid dienone is 8. The lowest BCUT2D eigenvalue weighted by molar-refractivity contribution is -0.161. The molecule has 0 aromatic rings. The number of hydrogen-bond acceptors (Lipinski definition) is 15. The van der Waals surface area contributed by atoms with E-state index in [1.807, 2.05) is 0 Å². The van der Waals surface area contributed by atoms with Gasteiger partial charge in [-0.25, -0.2) is 9.13 Å². The quantitative estimate of drug-likeness (QED) is 0.0169. The lowest BCUT2D eigenvalue weighted by Crippen LogP contribution is -2.30. The average Bonchev–Trinajstić information content (AvgIpc) is 0.909. The van der Waals surface area contributed by atoms with Gasteiger partial charge in [-0.15, -0.1) is 0 Å². The topological polar surface area (TPSA) is 237 Å². The number of carbonyl (C=O) groups excluding carboxylic acids is 4. The largest absolute Gasteiger partial charge is 0.472 e. The fourth-order valence-electron chi connectivity index (χ4n) is 12.2. The van der Waals surface area contributed by atoms with Crippen LogP contribution in [-0.4, -0.2) is 96.7 Å². The van der Waals surface area contributed by atoms with Crippen molar-refractivity contribution in [1.29, 1.82) is 0 Å². The second kappa shape index (κ2) is 78.2. The van der Waals surface area contributed by atoms with Crippen molar-refractivity contribution in [2.75, 3.05) is 39.6 Å². The molecule has 610 valence electrons. The van der Waals surface area contributed by atoms with Gasteiger partial charge in [0.05, 0.1) is 26.4 Å². The molecule has 104 heavy (non-hydrogen) atoms. The number of aliphatic hydroxyl groups is 1. The summed E-state index contributed by atoms with van der Waals surface area (Å²) in [5.41, 5.74) is 0. The third-order valence-corrected chi connectivity index (χ3v) is 20.7. The normalized spacial score (nSPS) is 14.0. The van der Waals surface area contributed by atoms with Gasteiger partial charge in [-0.05, 0) is 89.9 Å². The second-order valence-corrected chi connectivity index (χ2v) is 32.0. The molecule has 0 aliphatic rings. The smallest absolute Gasteiger partial charge is 0.462 e. The van der Waals surface area contributed by atoms with Crippen LogP contribution in [0.5, 0.6) is 0 Å². The molecule has 0 heterocycles. The Kier molecular flexibility index (Phi) is 75.9. The molecule has 0 rings (SSSR count). The van der Waals surface area contributed by atoms with Crippen LogP contribution in [0.4, 0.5) is 0 Å². The first-order valence-corrected chi connectivity index (χ1v) is 45.9. The summed E-state index contributed by atoms with van der Waals surface area (Å²) in [6.45, 7) is 4.92. The Hall–Kier alpha value is -2.98. The molecule has 3 N–H and O–H groups in total.